The molecule has 2 aliphatic heterocycles. The van der Waals surface area contributed by atoms with Crippen molar-refractivity contribution in [2.45, 2.75) is 13.1 Å². The van der Waals surface area contributed by atoms with Gasteiger partial charge in [-0.1, -0.05) is 36.4 Å². The van der Waals surface area contributed by atoms with Gasteiger partial charge in [0.1, 0.15) is 0 Å². The Kier molecular flexibility index (Phi) is 6.84. The lowest BCUT2D eigenvalue weighted by Gasteiger charge is -2.35. The number of amides is 1. The van der Waals surface area contributed by atoms with Gasteiger partial charge in [-0.25, -0.2) is 8.42 Å². The van der Waals surface area contributed by atoms with Gasteiger partial charge in [0.15, 0.2) is 11.5 Å². The molecule has 9 heteroatoms. The third kappa shape index (κ3) is 5.47. The Morgan fingerprint density at radius 2 is 1.56 bits per heavy atom. The van der Waals surface area contributed by atoms with E-state index in [4.69, 9.17) is 9.47 Å². The van der Waals surface area contributed by atoms with E-state index in [0.717, 1.165) is 42.3 Å². The summed E-state index contributed by atoms with van der Waals surface area (Å²) in [5.74, 6) is 1.51. The number of carbonyl (C=O) groups is 1. The Morgan fingerprint density at radius 3 is 2.25 bits per heavy atom. The lowest BCUT2D eigenvalue weighted by molar-refractivity contribution is 0.0628. The normalized spacial score (nSPS) is 15.6. The average Bonchev–Trinajstić information content (AvgIpc) is 3.35. The summed E-state index contributed by atoms with van der Waals surface area (Å²) < 4.78 is 37.1. The van der Waals surface area contributed by atoms with Crippen LogP contribution in [0.25, 0.3) is 0 Å². The molecule has 36 heavy (non-hydrogen) atoms. The van der Waals surface area contributed by atoms with Gasteiger partial charge in [-0.15, -0.1) is 0 Å². The van der Waals surface area contributed by atoms with Crippen molar-refractivity contribution in [1.29, 1.82) is 0 Å². The molecule has 0 spiro atoms. The van der Waals surface area contributed by atoms with Crippen LogP contribution < -0.4 is 13.8 Å². The molecule has 5 rings (SSSR count). The van der Waals surface area contributed by atoms with E-state index >= 15 is 0 Å². The fourth-order valence-corrected chi connectivity index (χ4v) is 5.40. The van der Waals surface area contributed by atoms with Crippen molar-refractivity contribution in [1.82, 2.24) is 9.80 Å². The van der Waals surface area contributed by atoms with Gasteiger partial charge in [0.2, 0.25) is 16.8 Å². The maximum atomic E-state index is 13.1. The number of ether oxygens (including phenoxy) is 2. The third-order valence-electron chi connectivity index (χ3n) is 6.47. The number of anilines is 1. The minimum atomic E-state index is -3.49. The van der Waals surface area contributed by atoms with Crippen molar-refractivity contribution in [2.75, 3.05) is 43.5 Å². The number of benzene rings is 3. The second-order valence-electron chi connectivity index (χ2n) is 9.06. The van der Waals surface area contributed by atoms with Crippen LogP contribution in [0.5, 0.6) is 11.5 Å². The molecule has 1 saturated heterocycles. The topological polar surface area (TPSA) is 79.4 Å². The Hall–Kier alpha value is -3.56. The lowest BCUT2D eigenvalue weighted by Crippen LogP contribution is -2.48. The third-order valence-corrected chi connectivity index (χ3v) is 7.61. The van der Waals surface area contributed by atoms with E-state index in [1.165, 1.54) is 10.6 Å². The smallest absolute Gasteiger partial charge is 0.253 e. The van der Waals surface area contributed by atoms with Crippen LogP contribution in [0.15, 0.2) is 72.8 Å². The second-order valence-corrected chi connectivity index (χ2v) is 11.0. The molecule has 0 aromatic heterocycles. The molecule has 0 aliphatic carbocycles. The highest BCUT2D eigenvalue weighted by Gasteiger charge is 2.24. The monoisotopic (exact) mass is 507 g/mol. The number of carbonyl (C=O) groups excluding carboxylic acids is 1. The Balaban J connectivity index is 1.20. The van der Waals surface area contributed by atoms with Gasteiger partial charge < -0.3 is 14.4 Å². The van der Waals surface area contributed by atoms with Crippen LogP contribution in [0, 0.1) is 0 Å². The SMILES string of the molecule is CS(=O)(=O)N(Cc1ccccc1)c1ccc(C(=O)N2CCN(Cc3ccc4c(c3)OCO4)CC2)cc1. The summed E-state index contributed by atoms with van der Waals surface area (Å²) in [5, 5.41) is 0. The standard InChI is InChI=1S/C27H29N3O5S/c1-36(32,33)30(19-21-5-3-2-4-6-21)24-10-8-23(9-11-24)27(31)29-15-13-28(14-16-29)18-22-7-12-25-26(17-22)35-20-34-25/h2-12,17H,13-16,18-20H2,1H3. The van der Waals surface area contributed by atoms with Gasteiger partial charge in [-0.3, -0.25) is 14.0 Å². The zero-order chi connectivity index (χ0) is 25.1. The van der Waals surface area contributed by atoms with Gasteiger partial charge in [-0.2, -0.15) is 0 Å². The molecular weight excluding hydrogens is 478 g/mol. The van der Waals surface area contributed by atoms with E-state index in [0.29, 0.717) is 24.3 Å². The molecular formula is C27H29N3O5S. The summed E-state index contributed by atoms with van der Waals surface area (Å²) in [5.41, 5.74) is 3.13. The number of fused-ring (bicyclic) bond motifs is 1. The van der Waals surface area contributed by atoms with Crippen LogP contribution in [0.1, 0.15) is 21.5 Å². The van der Waals surface area contributed by atoms with Gasteiger partial charge >= 0.3 is 0 Å². The maximum absolute atomic E-state index is 13.1. The number of hydrogen-bond acceptors (Lipinski definition) is 6. The average molecular weight is 508 g/mol. The van der Waals surface area contributed by atoms with Gasteiger partial charge in [0.05, 0.1) is 18.5 Å². The van der Waals surface area contributed by atoms with E-state index in [2.05, 4.69) is 4.90 Å². The fraction of sp³-hybridized carbons (Fsp3) is 0.296. The van der Waals surface area contributed by atoms with Crippen molar-refractivity contribution in [3.8, 4) is 11.5 Å². The summed E-state index contributed by atoms with van der Waals surface area (Å²) in [6, 6.07) is 22.3. The molecule has 3 aromatic carbocycles. The van der Waals surface area contributed by atoms with Crippen LogP contribution in [0.3, 0.4) is 0 Å². The predicted molar refractivity (Wildman–Crippen MR) is 138 cm³/mol. The van der Waals surface area contributed by atoms with E-state index in [1.807, 2.05) is 53.4 Å². The van der Waals surface area contributed by atoms with E-state index in [9.17, 15) is 13.2 Å². The summed E-state index contributed by atoms with van der Waals surface area (Å²) in [7, 11) is -3.49. The lowest BCUT2D eigenvalue weighted by atomic mass is 10.1. The van der Waals surface area contributed by atoms with Crippen molar-refractivity contribution >= 4 is 21.6 Å². The minimum Gasteiger partial charge on any atom is -0.454 e. The highest BCUT2D eigenvalue weighted by Crippen LogP contribution is 2.33. The summed E-state index contributed by atoms with van der Waals surface area (Å²) in [4.78, 5) is 17.3. The Bertz CT molecular complexity index is 1320. The number of piperazine rings is 1. The first kappa shape index (κ1) is 24.1. The fourth-order valence-electron chi connectivity index (χ4n) is 4.51. The van der Waals surface area contributed by atoms with Crippen LogP contribution in [-0.4, -0.2) is 63.4 Å². The highest BCUT2D eigenvalue weighted by molar-refractivity contribution is 7.92. The first-order chi connectivity index (χ1) is 17.4. The van der Waals surface area contributed by atoms with Crippen molar-refractivity contribution in [2.24, 2.45) is 0 Å². The number of nitrogens with zero attached hydrogens (tertiary/aromatic N) is 3. The summed E-state index contributed by atoms with van der Waals surface area (Å²) >= 11 is 0. The molecule has 3 aromatic rings. The van der Waals surface area contributed by atoms with Crippen molar-refractivity contribution in [3.63, 3.8) is 0 Å². The molecule has 0 unspecified atom stereocenters. The molecule has 2 heterocycles. The number of hydrogen-bond donors (Lipinski definition) is 0. The molecule has 1 amide bonds. The zero-order valence-corrected chi connectivity index (χ0v) is 21.0. The quantitative estimate of drug-likeness (QED) is 0.488. The number of rotatable bonds is 7. The van der Waals surface area contributed by atoms with Gasteiger partial charge in [0.25, 0.3) is 5.91 Å². The molecule has 188 valence electrons. The molecule has 0 radical (unpaired) electrons. The van der Waals surface area contributed by atoms with Crippen LogP contribution in [0.4, 0.5) is 5.69 Å². The van der Waals surface area contributed by atoms with E-state index in [1.54, 1.807) is 24.3 Å². The molecule has 0 saturated carbocycles. The zero-order valence-electron chi connectivity index (χ0n) is 20.2. The van der Waals surface area contributed by atoms with Crippen LogP contribution in [-0.2, 0) is 23.1 Å². The van der Waals surface area contributed by atoms with E-state index < -0.39 is 10.0 Å². The van der Waals surface area contributed by atoms with Crippen molar-refractivity contribution in [3.05, 3.63) is 89.5 Å². The maximum Gasteiger partial charge on any atom is 0.253 e. The van der Waals surface area contributed by atoms with Crippen LogP contribution >= 0.6 is 0 Å². The first-order valence-electron chi connectivity index (χ1n) is 11.9. The summed E-state index contributed by atoms with van der Waals surface area (Å²) in [6.07, 6.45) is 1.19. The minimum absolute atomic E-state index is 0.0433. The molecule has 0 N–H and O–H groups in total. The predicted octanol–water partition coefficient (Wildman–Crippen LogP) is 3.34. The Labute approximate surface area is 211 Å². The van der Waals surface area contributed by atoms with E-state index in [-0.39, 0.29) is 19.2 Å². The highest BCUT2D eigenvalue weighted by atomic mass is 32.2. The van der Waals surface area contributed by atoms with Gasteiger partial charge in [0, 0.05) is 38.3 Å². The molecule has 2 aliphatic rings. The van der Waals surface area contributed by atoms with Crippen molar-refractivity contribution < 1.29 is 22.7 Å². The molecule has 0 bridgehead atoms. The molecule has 1 fully saturated rings. The number of sulfonamides is 1. The van der Waals surface area contributed by atoms with Crippen LogP contribution in [0.2, 0.25) is 0 Å². The summed E-state index contributed by atoms with van der Waals surface area (Å²) in [6.45, 7) is 4.10. The largest absolute Gasteiger partial charge is 0.454 e. The Morgan fingerprint density at radius 1 is 0.861 bits per heavy atom. The molecule has 0 atom stereocenters. The van der Waals surface area contributed by atoms with Gasteiger partial charge in [-0.05, 0) is 47.5 Å². The second kappa shape index (κ2) is 10.2. The molecule has 8 nitrogen and oxygen atoms in total. The first-order valence-corrected chi connectivity index (χ1v) is 13.7.